The van der Waals surface area contributed by atoms with E-state index in [9.17, 15) is 9.59 Å². The van der Waals surface area contributed by atoms with Crippen molar-refractivity contribution in [1.82, 2.24) is 4.90 Å². The molecule has 118 valence electrons. The van der Waals surface area contributed by atoms with Crippen molar-refractivity contribution in [2.75, 3.05) is 18.1 Å². The number of amides is 3. The van der Waals surface area contributed by atoms with Gasteiger partial charge in [0.25, 0.3) is 0 Å². The van der Waals surface area contributed by atoms with Crippen LogP contribution in [0.3, 0.4) is 0 Å². The Morgan fingerprint density at radius 1 is 1.26 bits per heavy atom. The average Bonchev–Trinajstić information content (AvgIpc) is 2.92. The Kier molecular flexibility index (Phi) is 3.22. The van der Waals surface area contributed by atoms with Crippen LogP contribution in [0.1, 0.15) is 18.9 Å². The van der Waals surface area contributed by atoms with Gasteiger partial charge in [0.05, 0.1) is 19.2 Å². The highest BCUT2D eigenvalue weighted by Crippen LogP contribution is 2.39. The number of hydrogen-bond acceptors (Lipinski definition) is 3. The summed E-state index contributed by atoms with van der Waals surface area (Å²) in [5, 5.41) is 2.37. The van der Waals surface area contributed by atoms with E-state index in [4.69, 9.17) is 4.74 Å². The van der Waals surface area contributed by atoms with Gasteiger partial charge < -0.3 is 4.74 Å². The van der Waals surface area contributed by atoms with Gasteiger partial charge >= 0.3 is 12.1 Å². The van der Waals surface area contributed by atoms with Crippen molar-refractivity contribution in [3.63, 3.8) is 0 Å². The van der Waals surface area contributed by atoms with Gasteiger partial charge in [-0.15, -0.1) is 0 Å². The van der Waals surface area contributed by atoms with E-state index < -0.39 is 6.09 Å². The second-order valence-electron chi connectivity index (χ2n) is 5.94. The zero-order valence-corrected chi connectivity index (χ0v) is 13.0. The quantitative estimate of drug-likeness (QED) is 0.809. The van der Waals surface area contributed by atoms with Crippen LogP contribution in [0.25, 0.3) is 10.8 Å². The van der Waals surface area contributed by atoms with Crippen LogP contribution in [0.15, 0.2) is 36.4 Å². The number of aryl methyl sites for hydroxylation is 1. The van der Waals surface area contributed by atoms with Crippen LogP contribution in [0.4, 0.5) is 15.3 Å². The number of urea groups is 1. The molecular formula is C18H18N2O3. The number of hydrogen-bond donors (Lipinski definition) is 0. The average molecular weight is 310 g/mol. The van der Waals surface area contributed by atoms with Crippen LogP contribution in [0.2, 0.25) is 0 Å². The Bertz CT molecular complexity index is 802. The summed E-state index contributed by atoms with van der Waals surface area (Å²) in [6, 6.07) is 12.0. The molecule has 2 aromatic carbocycles. The molecule has 0 unspecified atom stereocenters. The Labute approximate surface area is 134 Å². The SMILES string of the molecule is CCOC(=O)N1C[C@@H]2CCc3c(ccc4ccccc34)N2C1=O. The van der Waals surface area contributed by atoms with E-state index in [2.05, 4.69) is 12.1 Å². The molecular weight excluding hydrogens is 292 g/mol. The fourth-order valence-corrected chi connectivity index (χ4v) is 3.65. The van der Waals surface area contributed by atoms with Crippen LogP contribution < -0.4 is 4.90 Å². The summed E-state index contributed by atoms with van der Waals surface area (Å²) in [7, 11) is 0. The summed E-state index contributed by atoms with van der Waals surface area (Å²) in [6.07, 6.45) is 1.24. The molecule has 3 amide bonds. The number of anilines is 1. The van der Waals surface area contributed by atoms with Crippen LogP contribution in [-0.2, 0) is 11.2 Å². The Morgan fingerprint density at radius 3 is 2.91 bits per heavy atom. The van der Waals surface area contributed by atoms with Gasteiger partial charge in [0, 0.05) is 5.69 Å². The molecule has 0 radical (unpaired) electrons. The molecule has 0 saturated carbocycles. The van der Waals surface area contributed by atoms with E-state index in [0.717, 1.165) is 18.5 Å². The Hall–Kier alpha value is -2.56. The predicted molar refractivity (Wildman–Crippen MR) is 87.7 cm³/mol. The third-order valence-electron chi connectivity index (χ3n) is 4.69. The predicted octanol–water partition coefficient (Wildman–Crippen LogP) is 3.55. The number of carbonyl (C=O) groups excluding carboxylic acids is 2. The van der Waals surface area contributed by atoms with E-state index in [1.54, 1.807) is 11.8 Å². The molecule has 1 fully saturated rings. The molecule has 1 atom stereocenters. The first-order valence-corrected chi connectivity index (χ1v) is 7.99. The van der Waals surface area contributed by atoms with Gasteiger partial charge in [-0.2, -0.15) is 0 Å². The second kappa shape index (κ2) is 5.26. The number of nitrogens with zero attached hydrogens (tertiary/aromatic N) is 2. The number of ether oxygens (including phenoxy) is 1. The van der Waals surface area contributed by atoms with Gasteiger partial charge in [0.1, 0.15) is 0 Å². The van der Waals surface area contributed by atoms with Crippen molar-refractivity contribution >= 4 is 28.6 Å². The normalized spacial score (nSPS) is 19.7. The van der Waals surface area contributed by atoms with E-state index >= 15 is 0 Å². The van der Waals surface area contributed by atoms with Gasteiger partial charge in [-0.25, -0.2) is 14.5 Å². The van der Waals surface area contributed by atoms with Crippen LogP contribution in [-0.4, -0.2) is 36.2 Å². The maximum atomic E-state index is 12.7. The van der Waals surface area contributed by atoms with E-state index in [1.807, 2.05) is 24.3 Å². The maximum absolute atomic E-state index is 12.7. The Morgan fingerprint density at radius 2 is 2.09 bits per heavy atom. The van der Waals surface area contributed by atoms with Gasteiger partial charge in [-0.05, 0) is 42.2 Å². The number of carbonyl (C=O) groups is 2. The molecule has 0 N–H and O–H groups in total. The third kappa shape index (κ3) is 2.07. The summed E-state index contributed by atoms with van der Waals surface area (Å²) in [5.74, 6) is 0. The fourth-order valence-electron chi connectivity index (χ4n) is 3.65. The molecule has 2 aromatic rings. The van der Waals surface area contributed by atoms with Crippen LogP contribution >= 0.6 is 0 Å². The van der Waals surface area contributed by atoms with E-state index in [-0.39, 0.29) is 18.7 Å². The Balaban J connectivity index is 1.76. The van der Waals surface area contributed by atoms with Crippen molar-refractivity contribution < 1.29 is 14.3 Å². The molecule has 5 heteroatoms. The van der Waals surface area contributed by atoms with Gasteiger partial charge in [0.2, 0.25) is 0 Å². The lowest BCUT2D eigenvalue weighted by molar-refractivity contribution is 0.121. The molecule has 2 aliphatic heterocycles. The summed E-state index contributed by atoms with van der Waals surface area (Å²) >= 11 is 0. The second-order valence-corrected chi connectivity index (χ2v) is 5.94. The lowest BCUT2D eigenvalue weighted by atomic mass is 9.92. The minimum Gasteiger partial charge on any atom is -0.449 e. The van der Waals surface area contributed by atoms with Gasteiger partial charge in [-0.3, -0.25) is 4.90 Å². The number of fused-ring (bicyclic) bond motifs is 5. The minimum absolute atomic E-state index is 0.0422. The zero-order valence-electron chi connectivity index (χ0n) is 13.0. The molecule has 23 heavy (non-hydrogen) atoms. The smallest absolute Gasteiger partial charge is 0.418 e. The van der Waals surface area contributed by atoms with E-state index in [1.165, 1.54) is 21.2 Å². The minimum atomic E-state index is -0.547. The largest absolute Gasteiger partial charge is 0.449 e. The number of benzene rings is 2. The lowest BCUT2D eigenvalue weighted by Crippen LogP contribution is -2.39. The zero-order chi connectivity index (χ0) is 16.0. The van der Waals surface area contributed by atoms with Gasteiger partial charge in [-0.1, -0.05) is 30.3 Å². The van der Waals surface area contributed by atoms with Crippen molar-refractivity contribution in [1.29, 1.82) is 0 Å². The monoisotopic (exact) mass is 310 g/mol. The highest BCUT2D eigenvalue weighted by Gasteiger charge is 2.44. The molecule has 0 aliphatic carbocycles. The highest BCUT2D eigenvalue weighted by molar-refractivity contribution is 6.06. The number of imide groups is 1. The molecule has 0 spiro atoms. The fraction of sp³-hybridized carbons (Fsp3) is 0.333. The first-order valence-electron chi connectivity index (χ1n) is 7.99. The van der Waals surface area contributed by atoms with Crippen molar-refractivity contribution in [2.24, 2.45) is 0 Å². The molecule has 4 rings (SSSR count). The van der Waals surface area contributed by atoms with Crippen molar-refractivity contribution in [2.45, 2.75) is 25.8 Å². The summed E-state index contributed by atoms with van der Waals surface area (Å²) < 4.78 is 5.00. The first kappa shape index (κ1) is 14.1. The van der Waals surface area contributed by atoms with Gasteiger partial charge in [0.15, 0.2) is 0 Å². The number of rotatable bonds is 1. The molecule has 2 heterocycles. The molecule has 0 bridgehead atoms. The maximum Gasteiger partial charge on any atom is 0.418 e. The first-order chi connectivity index (χ1) is 11.2. The molecule has 5 nitrogen and oxygen atoms in total. The third-order valence-corrected chi connectivity index (χ3v) is 4.69. The topological polar surface area (TPSA) is 49.9 Å². The van der Waals surface area contributed by atoms with Crippen molar-refractivity contribution in [3.8, 4) is 0 Å². The molecule has 1 saturated heterocycles. The summed E-state index contributed by atoms with van der Waals surface area (Å²) in [5.41, 5.74) is 2.12. The van der Waals surface area contributed by atoms with Crippen molar-refractivity contribution in [3.05, 3.63) is 42.0 Å². The summed E-state index contributed by atoms with van der Waals surface area (Å²) in [4.78, 5) is 27.7. The molecule has 2 aliphatic rings. The highest BCUT2D eigenvalue weighted by atomic mass is 16.6. The van der Waals surface area contributed by atoms with Crippen LogP contribution in [0, 0.1) is 0 Å². The summed E-state index contributed by atoms with van der Waals surface area (Å²) in [6.45, 7) is 2.42. The lowest BCUT2D eigenvalue weighted by Gasteiger charge is -2.31. The van der Waals surface area contributed by atoms with E-state index in [0.29, 0.717) is 6.54 Å². The molecule has 0 aromatic heterocycles. The standard InChI is InChI=1S/C18H18N2O3/c1-2-23-18(22)19-11-13-8-9-15-14-6-4-3-5-12(14)7-10-16(15)20(13)17(19)21/h3-7,10,13H,2,8-9,11H2,1H3/t13-/m0/s1. The van der Waals surface area contributed by atoms with Crippen LogP contribution in [0.5, 0.6) is 0 Å².